The number of carbonyl (C=O) groups excluding carboxylic acids is 1. The van der Waals surface area contributed by atoms with Crippen molar-refractivity contribution in [3.05, 3.63) is 129 Å². The third kappa shape index (κ3) is 12.1. The largest absolute Gasteiger partial charge is 0.376 e. The van der Waals surface area contributed by atoms with Crippen LogP contribution in [0.15, 0.2) is 112 Å². The van der Waals surface area contributed by atoms with E-state index in [2.05, 4.69) is 64.6 Å². The normalized spacial score (nSPS) is 15.8. The van der Waals surface area contributed by atoms with Crippen molar-refractivity contribution < 1.29 is 18.1 Å². The van der Waals surface area contributed by atoms with Crippen LogP contribution in [0.25, 0.3) is 5.57 Å². The number of nitro groups is 1. The zero-order valence-corrected chi connectivity index (χ0v) is 37.4. The molecule has 1 saturated heterocycles. The van der Waals surface area contributed by atoms with Crippen molar-refractivity contribution in [3.8, 4) is 0 Å². The zero-order valence-electron chi connectivity index (χ0n) is 35.0. The Labute approximate surface area is 364 Å². The van der Waals surface area contributed by atoms with Crippen LogP contribution in [0, 0.1) is 10.1 Å². The number of hydrogen-bond donors (Lipinski definition) is 2. The number of halogens is 1. The molecule has 4 aromatic carbocycles. The van der Waals surface area contributed by atoms with Crippen LogP contribution < -0.4 is 14.9 Å². The van der Waals surface area contributed by atoms with E-state index in [1.807, 2.05) is 54.6 Å². The summed E-state index contributed by atoms with van der Waals surface area (Å²) >= 11 is 7.81. The van der Waals surface area contributed by atoms with Gasteiger partial charge in [-0.15, -0.1) is 11.8 Å². The summed E-state index contributed by atoms with van der Waals surface area (Å²) in [6.45, 7) is 13.8. The quantitative estimate of drug-likeness (QED) is 0.0567. The van der Waals surface area contributed by atoms with Gasteiger partial charge in [-0.3, -0.25) is 24.7 Å². The van der Waals surface area contributed by atoms with E-state index in [4.69, 9.17) is 11.6 Å². The number of rotatable bonds is 18. The molecular weight excluding hydrogens is 816 g/mol. The number of carbonyl (C=O) groups is 1. The van der Waals surface area contributed by atoms with E-state index in [0.717, 1.165) is 73.8 Å². The fourth-order valence-corrected chi connectivity index (χ4v) is 10.3. The summed E-state index contributed by atoms with van der Waals surface area (Å²) in [7, 11) is -4.44. The molecule has 1 atom stereocenters. The van der Waals surface area contributed by atoms with Crippen LogP contribution in [0.4, 0.5) is 17.1 Å². The Morgan fingerprint density at radius 3 is 2.20 bits per heavy atom. The number of benzene rings is 4. The third-order valence-corrected chi connectivity index (χ3v) is 14.1. The molecule has 14 heteroatoms. The Hall–Kier alpha value is -4.40. The van der Waals surface area contributed by atoms with Crippen molar-refractivity contribution in [3.63, 3.8) is 0 Å². The van der Waals surface area contributed by atoms with Crippen molar-refractivity contribution in [1.82, 2.24) is 14.5 Å². The van der Waals surface area contributed by atoms with E-state index < -0.39 is 20.9 Å². The first-order valence-corrected chi connectivity index (χ1v) is 23.7. The van der Waals surface area contributed by atoms with Gasteiger partial charge in [0.25, 0.3) is 21.6 Å². The van der Waals surface area contributed by atoms with Gasteiger partial charge in [-0.1, -0.05) is 47.5 Å². The molecule has 11 nitrogen and oxygen atoms in total. The van der Waals surface area contributed by atoms with E-state index in [1.165, 1.54) is 41.7 Å². The fraction of sp³-hybridized carbons (Fsp3) is 0.413. The zero-order chi connectivity index (χ0) is 42.8. The SMILES string of the molecule is CC(C)N(CC[C@H](CSc1ccccc1)Nc1ccc(S(=O)(=O)NC(=O)c2ccc(N3CCN(CC4=C(c5ccc(Cl)cc5)CCCC4)CC3)cc2)cc1[N+](=O)[O-])C(C)C. The summed E-state index contributed by atoms with van der Waals surface area (Å²) in [6, 6.07) is 29.2. The number of hydrogen-bond acceptors (Lipinski definition) is 10. The Kier molecular flexibility index (Phi) is 15.7. The molecule has 2 N–H and O–H groups in total. The maximum atomic E-state index is 13.5. The fourth-order valence-electron chi connectivity index (χ4n) is 8.14. The van der Waals surface area contributed by atoms with Gasteiger partial charge in [0.15, 0.2) is 0 Å². The summed E-state index contributed by atoms with van der Waals surface area (Å²) in [5, 5.41) is 16.5. The molecule has 0 aromatic heterocycles. The van der Waals surface area contributed by atoms with Crippen molar-refractivity contribution in [2.75, 3.05) is 55.2 Å². The number of amides is 1. The smallest absolute Gasteiger partial charge is 0.293 e. The van der Waals surface area contributed by atoms with Gasteiger partial charge in [0.2, 0.25) is 0 Å². The van der Waals surface area contributed by atoms with Gasteiger partial charge in [0.1, 0.15) is 5.69 Å². The van der Waals surface area contributed by atoms with Crippen LogP contribution in [-0.2, 0) is 10.0 Å². The number of nitro benzene ring substituents is 1. The molecule has 6 rings (SSSR count). The molecule has 2 aliphatic rings. The minimum Gasteiger partial charge on any atom is -0.376 e. The first-order chi connectivity index (χ1) is 28.8. The van der Waals surface area contributed by atoms with E-state index in [0.29, 0.717) is 24.3 Å². The highest BCUT2D eigenvalue weighted by atomic mass is 35.5. The third-order valence-electron chi connectivity index (χ3n) is 11.4. The first-order valence-electron chi connectivity index (χ1n) is 20.9. The monoisotopic (exact) mass is 872 g/mol. The van der Waals surface area contributed by atoms with E-state index >= 15 is 0 Å². The molecule has 0 radical (unpaired) electrons. The van der Waals surface area contributed by atoms with Gasteiger partial charge in [0, 0.05) is 90.4 Å². The van der Waals surface area contributed by atoms with Gasteiger partial charge in [-0.25, -0.2) is 13.1 Å². The van der Waals surface area contributed by atoms with Crippen molar-refractivity contribution >= 4 is 61.9 Å². The molecule has 0 saturated carbocycles. The average Bonchev–Trinajstić information content (AvgIpc) is 3.23. The molecule has 4 aromatic rings. The Bertz CT molecular complexity index is 2200. The van der Waals surface area contributed by atoms with E-state index in [1.54, 1.807) is 23.9 Å². The van der Waals surface area contributed by atoms with Crippen molar-refractivity contribution in [1.29, 1.82) is 0 Å². The van der Waals surface area contributed by atoms with E-state index in [-0.39, 0.29) is 27.9 Å². The highest BCUT2D eigenvalue weighted by Gasteiger charge is 2.27. The van der Waals surface area contributed by atoms with Gasteiger partial charge >= 0.3 is 0 Å². The van der Waals surface area contributed by atoms with Crippen molar-refractivity contribution in [2.24, 2.45) is 0 Å². The molecule has 1 amide bonds. The minimum atomic E-state index is -4.44. The first kappa shape index (κ1) is 45.1. The molecule has 0 spiro atoms. The maximum Gasteiger partial charge on any atom is 0.293 e. The Morgan fingerprint density at radius 1 is 0.883 bits per heavy atom. The summed E-state index contributed by atoms with van der Waals surface area (Å²) in [5.41, 5.74) is 5.18. The predicted octanol–water partition coefficient (Wildman–Crippen LogP) is 9.60. The van der Waals surface area contributed by atoms with Crippen LogP contribution in [0.5, 0.6) is 0 Å². The number of allylic oxidation sites excluding steroid dienone is 1. The highest BCUT2D eigenvalue weighted by molar-refractivity contribution is 7.99. The minimum absolute atomic E-state index is 0.156. The van der Waals surface area contributed by atoms with Gasteiger partial charge in [-0.2, -0.15) is 0 Å². The standard InChI is InChI=1S/C46H57ClN6O5S2/c1-33(2)52(34(3)4)25-24-39(32-59-41-11-6-5-7-12-41)48-44-23-22-42(30-45(44)53(55)56)60(57,58)49-46(54)36-16-20-40(21-17-36)51-28-26-50(27-29-51)31-37-10-8-9-13-43(37)35-14-18-38(47)19-15-35/h5-7,11-12,14-23,30,33-34,39,48H,8-10,13,24-29,31-32H2,1-4H3,(H,49,54)/t39-/m1/s1. The second-order valence-corrected chi connectivity index (χ2v) is 19.4. The van der Waals surface area contributed by atoms with Crippen LogP contribution in [0.3, 0.4) is 0 Å². The molecule has 320 valence electrons. The summed E-state index contributed by atoms with van der Waals surface area (Å²) in [5.74, 6) is -0.173. The Morgan fingerprint density at radius 2 is 1.55 bits per heavy atom. The lowest BCUT2D eigenvalue weighted by Gasteiger charge is -2.37. The number of piperazine rings is 1. The number of nitrogens with one attached hydrogen (secondary N) is 2. The molecule has 1 fully saturated rings. The van der Waals surface area contributed by atoms with Crippen LogP contribution in [0.2, 0.25) is 5.02 Å². The lowest BCUT2D eigenvalue weighted by molar-refractivity contribution is -0.384. The van der Waals surface area contributed by atoms with Gasteiger partial charge < -0.3 is 10.2 Å². The highest BCUT2D eigenvalue weighted by Crippen LogP contribution is 2.34. The number of thioether (sulfide) groups is 1. The average molecular weight is 874 g/mol. The summed E-state index contributed by atoms with van der Waals surface area (Å²) in [4.78, 5) is 32.9. The maximum absolute atomic E-state index is 13.5. The molecule has 1 aliphatic heterocycles. The number of sulfonamides is 1. The summed E-state index contributed by atoms with van der Waals surface area (Å²) < 4.78 is 29.1. The lowest BCUT2D eigenvalue weighted by atomic mass is 9.87. The lowest BCUT2D eigenvalue weighted by Crippen LogP contribution is -2.47. The number of anilines is 2. The molecule has 1 heterocycles. The number of nitrogens with zero attached hydrogens (tertiary/aromatic N) is 4. The van der Waals surface area contributed by atoms with Crippen molar-refractivity contribution in [2.45, 2.75) is 87.7 Å². The van der Waals surface area contributed by atoms with Gasteiger partial charge in [0.05, 0.1) is 9.82 Å². The Balaban J connectivity index is 1.07. The molecular formula is C46H57ClN6O5S2. The molecule has 0 unspecified atom stereocenters. The second-order valence-electron chi connectivity index (χ2n) is 16.2. The summed E-state index contributed by atoms with van der Waals surface area (Å²) in [6.07, 6.45) is 5.33. The molecule has 0 bridgehead atoms. The van der Waals surface area contributed by atoms with E-state index in [9.17, 15) is 23.3 Å². The van der Waals surface area contributed by atoms with Crippen LogP contribution >= 0.6 is 23.4 Å². The molecule has 1 aliphatic carbocycles. The predicted molar refractivity (Wildman–Crippen MR) is 246 cm³/mol. The van der Waals surface area contributed by atoms with Crippen LogP contribution in [0.1, 0.15) is 75.7 Å². The van der Waals surface area contributed by atoms with Crippen LogP contribution in [-0.4, -0.2) is 92.2 Å². The second kappa shape index (κ2) is 20.9. The molecule has 60 heavy (non-hydrogen) atoms. The topological polar surface area (TPSA) is 128 Å². The van der Waals surface area contributed by atoms with Gasteiger partial charge in [-0.05, 0) is 132 Å².